The van der Waals surface area contributed by atoms with Crippen LogP contribution < -0.4 is 10.1 Å². The summed E-state index contributed by atoms with van der Waals surface area (Å²) < 4.78 is 11.3. The summed E-state index contributed by atoms with van der Waals surface area (Å²) >= 11 is 0. The Hall–Kier alpha value is -3.47. The van der Waals surface area contributed by atoms with Crippen LogP contribution in [0.5, 0.6) is 5.75 Å². The Morgan fingerprint density at radius 3 is 2.37 bits per heavy atom. The van der Waals surface area contributed by atoms with E-state index in [1.54, 1.807) is 29.2 Å². The molecule has 2 aliphatic heterocycles. The molecule has 1 aromatic carbocycles. The number of para-hydroxylation sites is 1. The third-order valence-electron chi connectivity index (χ3n) is 8.09. The molecule has 0 radical (unpaired) electrons. The lowest BCUT2D eigenvalue weighted by Gasteiger charge is -2.39. The van der Waals surface area contributed by atoms with Crippen molar-refractivity contribution in [1.29, 1.82) is 0 Å². The van der Waals surface area contributed by atoms with E-state index in [1.165, 1.54) is 0 Å². The molecule has 0 bridgehead atoms. The number of piperazine rings is 1. The van der Waals surface area contributed by atoms with Crippen LogP contribution in [0.2, 0.25) is 0 Å². The van der Waals surface area contributed by atoms with Crippen LogP contribution in [0.1, 0.15) is 89.8 Å². The van der Waals surface area contributed by atoms with E-state index in [1.807, 2.05) is 39.5 Å². The molecule has 0 saturated carbocycles. The molecule has 2 saturated heterocycles. The van der Waals surface area contributed by atoms with Gasteiger partial charge >= 0.3 is 0 Å². The van der Waals surface area contributed by atoms with Crippen LogP contribution in [0.25, 0.3) is 0 Å². The maximum absolute atomic E-state index is 13.9. The highest BCUT2D eigenvalue weighted by Crippen LogP contribution is 2.25. The molecule has 11 nitrogen and oxygen atoms in total. The first-order chi connectivity index (χ1) is 20.3. The molecule has 3 amide bonds. The van der Waals surface area contributed by atoms with Gasteiger partial charge in [-0.05, 0) is 51.2 Å². The molecule has 2 aliphatic rings. The predicted octanol–water partition coefficient (Wildman–Crippen LogP) is 3.63. The molecular formula is C32H48N6O5. The van der Waals surface area contributed by atoms with Gasteiger partial charge in [-0.2, -0.15) is 4.98 Å². The van der Waals surface area contributed by atoms with Crippen molar-refractivity contribution in [2.24, 2.45) is 5.92 Å². The van der Waals surface area contributed by atoms with Gasteiger partial charge in [0.25, 0.3) is 5.91 Å². The van der Waals surface area contributed by atoms with E-state index in [0.717, 1.165) is 19.5 Å². The average molecular weight is 597 g/mol. The Bertz CT molecular complexity index is 1260. The molecule has 4 rings (SSSR count). The highest BCUT2D eigenvalue weighted by molar-refractivity contribution is 6.00. The summed E-state index contributed by atoms with van der Waals surface area (Å²) in [5, 5.41) is 6.96. The first-order valence-electron chi connectivity index (χ1n) is 15.5. The number of benzene rings is 1. The number of likely N-dealkylation sites (tertiary alicyclic amines) is 1. The highest BCUT2D eigenvalue weighted by atomic mass is 16.5. The number of hydrogen-bond acceptors (Lipinski definition) is 8. The van der Waals surface area contributed by atoms with Crippen LogP contribution in [0.4, 0.5) is 0 Å². The molecule has 11 heteroatoms. The summed E-state index contributed by atoms with van der Waals surface area (Å²) in [6.45, 7) is 17.8. The van der Waals surface area contributed by atoms with Gasteiger partial charge in [-0.15, -0.1) is 0 Å². The van der Waals surface area contributed by atoms with Crippen molar-refractivity contribution >= 4 is 17.7 Å². The largest absolute Gasteiger partial charge is 0.485 e. The quantitative estimate of drug-likeness (QED) is 0.442. The number of amides is 3. The number of nitrogens with zero attached hydrogens (tertiary/aromatic N) is 5. The summed E-state index contributed by atoms with van der Waals surface area (Å²) in [5.41, 5.74) is 0.0172. The topological polar surface area (TPSA) is 121 Å². The number of rotatable bonds is 10. The van der Waals surface area contributed by atoms with Gasteiger partial charge < -0.3 is 24.4 Å². The molecule has 2 atom stereocenters. The highest BCUT2D eigenvalue weighted by Gasteiger charge is 2.40. The molecule has 43 heavy (non-hydrogen) atoms. The van der Waals surface area contributed by atoms with E-state index in [9.17, 15) is 14.4 Å². The second-order valence-corrected chi connectivity index (χ2v) is 13.4. The minimum absolute atomic E-state index is 0.0127. The number of ether oxygens (including phenoxy) is 1. The predicted molar refractivity (Wildman–Crippen MR) is 163 cm³/mol. The molecule has 236 valence electrons. The van der Waals surface area contributed by atoms with Crippen LogP contribution in [-0.4, -0.2) is 93.4 Å². The van der Waals surface area contributed by atoms with Crippen molar-refractivity contribution in [2.75, 3.05) is 32.7 Å². The second-order valence-electron chi connectivity index (χ2n) is 13.4. The molecule has 0 unspecified atom stereocenters. The second kappa shape index (κ2) is 13.9. The number of hydrogen-bond donors (Lipinski definition) is 1. The van der Waals surface area contributed by atoms with E-state index in [-0.39, 0.29) is 29.8 Å². The van der Waals surface area contributed by atoms with Gasteiger partial charge in [0.05, 0.1) is 5.56 Å². The Balaban J connectivity index is 1.44. The first kappa shape index (κ1) is 32.4. The lowest BCUT2D eigenvalue weighted by molar-refractivity contribution is -0.146. The maximum atomic E-state index is 13.9. The zero-order valence-electron chi connectivity index (χ0n) is 26.8. The third kappa shape index (κ3) is 8.13. The number of carbonyl (C=O) groups excluding carboxylic acids is 3. The summed E-state index contributed by atoms with van der Waals surface area (Å²) in [5.74, 6) is 0.777. The minimum atomic E-state index is -0.765. The first-order valence-corrected chi connectivity index (χ1v) is 15.5. The smallest absolute Gasteiger partial charge is 0.255 e. The van der Waals surface area contributed by atoms with Gasteiger partial charge in [0.2, 0.25) is 23.5 Å². The van der Waals surface area contributed by atoms with E-state index in [4.69, 9.17) is 9.26 Å². The van der Waals surface area contributed by atoms with Gasteiger partial charge in [0.15, 0.2) is 6.61 Å². The standard InChI is InChI=1S/C32H48N6O5/c1-21(2)19-24(29(40)38-14-10-12-25(38)30(41)37-17-15-36(16-18-37)22(3)4)33-28(39)23-11-8-9-13-26(23)42-20-27-34-31(43-35-27)32(5,6)7/h8-9,11,13,21-22,24-25H,10,12,14-20H2,1-7H3,(H,33,39)/t24-,25-/m1/s1. The third-order valence-corrected chi connectivity index (χ3v) is 8.09. The van der Waals surface area contributed by atoms with Crippen molar-refractivity contribution in [1.82, 2.24) is 30.2 Å². The fourth-order valence-electron chi connectivity index (χ4n) is 5.63. The summed E-state index contributed by atoms with van der Waals surface area (Å²) in [4.78, 5) is 51.4. The minimum Gasteiger partial charge on any atom is -0.485 e. The van der Waals surface area contributed by atoms with Crippen LogP contribution in [-0.2, 0) is 21.6 Å². The van der Waals surface area contributed by atoms with Crippen molar-refractivity contribution in [3.63, 3.8) is 0 Å². The van der Waals surface area contributed by atoms with Gasteiger partial charge in [0.1, 0.15) is 17.8 Å². The van der Waals surface area contributed by atoms with E-state index in [2.05, 4.69) is 34.2 Å². The van der Waals surface area contributed by atoms with E-state index in [0.29, 0.717) is 61.5 Å². The molecule has 0 aliphatic carbocycles. The van der Waals surface area contributed by atoms with Crippen molar-refractivity contribution in [3.8, 4) is 5.75 Å². The Morgan fingerprint density at radius 2 is 1.74 bits per heavy atom. The Morgan fingerprint density at radius 1 is 1.05 bits per heavy atom. The van der Waals surface area contributed by atoms with Crippen molar-refractivity contribution in [3.05, 3.63) is 41.5 Å². The van der Waals surface area contributed by atoms with Crippen LogP contribution in [0.3, 0.4) is 0 Å². The SMILES string of the molecule is CC(C)C[C@@H](NC(=O)c1ccccc1OCc1noc(C(C)(C)C)n1)C(=O)N1CCC[C@@H]1C(=O)N1CCN(C(C)C)CC1. The van der Waals surface area contributed by atoms with Gasteiger partial charge in [-0.1, -0.05) is 51.9 Å². The number of aromatic nitrogens is 2. The molecule has 1 N–H and O–H groups in total. The monoisotopic (exact) mass is 596 g/mol. The molecule has 2 fully saturated rings. The Labute approximate surface area is 255 Å². The van der Waals surface area contributed by atoms with Gasteiger partial charge in [-0.3, -0.25) is 19.3 Å². The summed E-state index contributed by atoms with van der Waals surface area (Å²) in [6, 6.07) is 6.08. The van der Waals surface area contributed by atoms with E-state index < -0.39 is 18.0 Å². The normalized spacial score (nSPS) is 18.8. The summed E-state index contributed by atoms with van der Waals surface area (Å²) in [6.07, 6.45) is 1.86. The maximum Gasteiger partial charge on any atom is 0.255 e. The van der Waals surface area contributed by atoms with Crippen molar-refractivity contribution < 1.29 is 23.6 Å². The van der Waals surface area contributed by atoms with Gasteiger partial charge in [-0.25, -0.2) is 0 Å². The Kier molecular flexibility index (Phi) is 10.5. The molecule has 1 aromatic heterocycles. The van der Waals surface area contributed by atoms with E-state index >= 15 is 0 Å². The lowest BCUT2D eigenvalue weighted by Crippen LogP contribution is -2.57. The fourth-order valence-corrected chi connectivity index (χ4v) is 5.63. The summed E-state index contributed by atoms with van der Waals surface area (Å²) in [7, 11) is 0. The van der Waals surface area contributed by atoms with Crippen LogP contribution in [0.15, 0.2) is 28.8 Å². The van der Waals surface area contributed by atoms with Crippen LogP contribution in [0, 0.1) is 5.92 Å². The van der Waals surface area contributed by atoms with Crippen LogP contribution >= 0.6 is 0 Å². The molecule has 3 heterocycles. The number of carbonyl (C=O) groups is 3. The molecule has 2 aromatic rings. The molecular weight excluding hydrogens is 548 g/mol. The zero-order chi connectivity index (χ0) is 31.3. The lowest BCUT2D eigenvalue weighted by atomic mass is 9.97. The fraction of sp³-hybridized carbons (Fsp3) is 0.656. The van der Waals surface area contributed by atoms with Gasteiger partial charge in [0, 0.05) is 44.2 Å². The van der Waals surface area contributed by atoms with Crippen molar-refractivity contribution in [2.45, 2.75) is 97.9 Å². The number of nitrogens with one attached hydrogen (secondary N) is 1. The molecule has 0 spiro atoms. The zero-order valence-corrected chi connectivity index (χ0v) is 26.8. The average Bonchev–Trinajstić information content (AvgIpc) is 3.65.